The van der Waals surface area contributed by atoms with Crippen LogP contribution in [-0.2, 0) is 10.1 Å². The molecule has 1 N–H and O–H groups in total. The average molecular weight is 860 g/mol. The van der Waals surface area contributed by atoms with E-state index in [2.05, 4.69) is 173 Å². The summed E-state index contributed by atoms with van der Waals surface area (Å²) in [6.07, 6.45) is 2.13. The van der Waals surface area contributed by atoms with Gasteiger partial charge >= 0.3 is 6.34 Å². The Morgan fingerprint density at radius 2 is 0.889 bits per heavy atom. The summed E-state index contributed by atoms with van der Waals surface area (Å²) in [5.41, 5.74) is 16.5. The highest BCUT2D eigenvalue weighted by molar-refractivity contribution is 7.85. The van der Waals surface area contributed by atoms with Crippen LogP contribution in [0.25, 0.3) is 22.3 Å². The van der Waals surface area contributed by atoms with Crippen LogP contribution in [-0.4, -0.2) is 23.9 Å². The second kappa shape index (κ2) is 18.5. The van der Waals surface area contributed by atoms with Gasteiger partial charge in [-0.05, 0) is 103 Å². The topological polar surface area (TPSA) is 64.7 Å². The maximum Gasteiger partial charge on any atom is 0.337 e. The Morgan fingerprint density at radius 1 is 0.492 bits per heavy atom. The smallest absolute Gasteiger partial charge is 0.337 e. The van der Waals surface area contributed by atoms with Gasteiger partial charge in [0, 0.05) is 29.3 Å². The van der Waals surface area contributed by atoms with Crippen LogP contribution in [0.2, 0.25) is 0 Å². The van der Waals surface area contributed by atoms with Crippen LogP contribution in [0.4, 0.5) is 11.4 Å². The zero-order valence-electron chi connectivity index (χ0n) is 39.4. The molecule has 1 aliphatic heterocycles. The number of quaternary nitrogens is 1. The molecule has 0 saturated heterocycles. The molecule has 1 aliphatic rings. The van der Waals surface area contributed by atoms with Gasteiger partial charge < -0.3 is 4.55 Å². The number of nitrogens with one attached hydrogen (secondary N) is 1. The fourth-order valence-corrected chi connectivity index (χ4v) is 10.4. The lowest BCUT2D eigenvalue weighted by atomic mass is 9.79. The van der Waals surface area contributed by atoms with E-state index in [4.69, 9.17) is 0 Å². The van der Waals surface area contributed by atoms with Crippen molar-refractivity contribution < 1.29 is 22.4 Å². The molecule has 1 unspecified atom stereocenters. The highest BCUT2D eigenvalue weighted by atomic mass is 32.2. The van der Waals surface area contributed by atoms with Gasteiger partial charge in [-0.1, -0.05) is 180 Å². The monoisotopic (exact) mass is 859 g/mol. The molecule has 63 heavy (non-hydrogen) atoms. The highest BCUT2D eigenvalue weighted by Crippen LogP contribution is 2.47. The minimum Gasteiger partial charge on any atom is -0.744 e. The van der Waals surface area contributed by atoms with E-state index in [9.17, 15) is 13.0 Å². The van der Waals surface area contributed by atoms with Crippen molar-refractivity contribution >= 4 is 27.8 Å². The molecule has 0 spiro atoms. The standard InChI is InChI=1S/C57H66N2O3S/c1-35(2)43-30-48(37(5)6)54(49(31-43)38(7)8)45-27-46(55-50(39(9)10)32-44(36(3)4)33-51(55)40(11)12)29-47(28-45)58-34-59(52-25-19-20-26-53(52)63(60,61)62)57(42-23-17-14-18-24-42)56(58)41-21-15-13-16-22-41/h13-40,56-57H,1-12H3/p+1/t56-,57-/m0/s1. The molecule has 1 heterocycles. The summed E-state index contributed by atoms with van der Waals surface area (Å²) < 4.78 is 41.5. The number of rotatable bonds is 13. The Labute approximate surface area is 378 Å². The SMILES string of the molecule is CC(C)c1cc(C(C)C)c(-c2cc(-c3c(C(C)C)cc(C(C)C)cc3C(C)C)cc([N+]3=C[NH+](c4ccccc4S(=O)(=O)[O-])[C@@H](c4ccccc4)[C@@H]3c3ccccc3)c2)c(C(C)C)c1. The Bertz CT molecular complexity index is 2580. The minimum absolute atomic E-state index is 0.206. The van der Waals surface area contributed by atoms with E-state index in [0.717, 1.165) is 32.8 Å². The summed E-state index contributed by atoms with van der Waals surface area (Å²) in [4.78, 5) is 0.582. The van der Waals surface area contributed by atoms with Crippen LogP contribution < -0.4 is 4.90 Å². The molecule has 6 aromatic rings. The lowest BCUT2D eigenvalue weighted by Crippen LogP contribution is -3.05. The molecule has 5 nitrogen and oxygen atoms in total. The first-order chi connectivity index (χ1) is 29.9. The maximum atomic E-state index is 13.0. The summed E-state index contributed by atoms with van der Waals surface area (Å²) in [6, 6.07) is 43.9. The van der Waals surface area contributed by atoms with E-state index in [0.29, 0.717) is 17.5 Å². The molecule has 0 aromatic heterocycles. The molecular weight excluding hydrogens is 793 g/mol. The maximum absolute atomic E-state index is 13.0. The second-order valence-corrected chi connectivity index (χ2v) is 20.9. The molecule has 6 heteroatoms. The van der Waals surface area contributed by atoms with E-state index in [1.54, 1.807) is 12.1 Å². The van der Waals surface area contributed by atoms with Gasteiger partial charge in [0.25, 0.3) is 0 Å². The van der Waals surface area contributed by atoms with Gasteiger partial charge in [-0.15, -0.1) is 4.58 Å². The first-order valence-corrected chi connectivity index (χ1v) is 24.4. The molecule has 0 fully saturated rings. The summed E-state index contributed by atoms with van der Waals surface area (Å²) in [7, 11) is -4.81. The third-order valence-electron chi connectivity index (χ3n) is 13.1. The van der Waals surface area contributed by atoms with Gasteiger partial charge in [0.05, 0.1) is 0 Å². The summed E-state index contributed by atoms with van der Waals surface area (Å²) in [6.45, 7) is 27.6. The lowest BCUT2D eigenvalue weighted by Gasteiger charge is -2.26. The Balaban J connectivity index is 1.65. The zero-order valence-corrected chi connectivity index (χ0v) is 40.2. The minimum atomic E-state index is -4.81. The Morgan fingerprint density at radius 3 is 1.29 bits per heavy atom. The van der Waals surface area contributed by atoms with Crippen LogP contribution in [0.1, 0.15) is 175 Å². The van der Waals surface area contributed by atoms with Crippen molar-refractivity contribution in [3.05, 3.63) is 172 Å². The molecule has 3 atom stereocenters. The predicted octanol–water partition coefficient (Wildman–Crippen LogP) is 14.1. The van der Waals surface area contributed by atoms with E-state index >= 15 is 0 Å². The molecule has 0 saturated carbocycles. The quantitative estimate of drug-likeness (QED) is 0.0929. The Kier molecular flexibility index (Phi) is 13.5. The molecule has 7 rings (SSSR count). The fourth-order valence-electron chi connectivity index (χ4n) is 9.69. The second-order valence-electron chi connectivity index (χ2n) is 19.5. The van der Waals surface area contributed by atoms with E-state index in [1.165, 1.54) is 50.6 Å². The molecule has 0 amide bonds. The number of hydrogen-bond acceptors (Lipinski definition) is 3. The predicted molar refractivity (Wildman–Crippen MR) is 261 cm³/mol. The van der Waals surface area contributed by atoms with Gasteiger partial charge in [0.2, 0.25) is 11.7 Å². The number of nitrogens with zero attached hydrogens (tertiary/aromatic N) is 1. The molecule has 6 aromatic carbocycles. The van der Waals surface area contributed by atoms with Crippen molar-refractivity contribution in [2.75, 3.05) is 0 Å². The van der Waals surface area contributed by atoms with Crippen LogP contribution in [0.15, 0.2) is 132 Å². The van der Waals surface area contributed by atoms with Crippen molar-refractivity contribution in [2.45, 2.75) is 136 Å². The van der Waals surface area contributed by atoms with E-state index < -0.39 is 10.1 Å². The normalized spacial score (nSPS) is 16.9. The fraction of sp³-hybridized carbons (Fsp3) is 0.351. The van der Waals surface area contributed by atoms with E-state index in [-0.39, 0.29) is 40.7 Å². The van der Waals surface area contributed by atoms with Gasteiger partial charge in [-0.3, -0.25) is 0 Å². The average Bonchev–Trinajstić information content (AvgIpc) is 3.66. The molecule has 0 aliphatic carbocycles. The Hall–Kier alpha value is -5.14. The van der Waals surface area contributed by atoms with E-state index in [1.807, 2.05) is 30.3 Å². The van der Waals surface area contributed by atoms with Crippen molar-refractivity contribution in [1.82, 2.24) is 0 Å². The summed E-state index contributed by atoms with van der Waals surface area (Å²) >= 11 is 0. The third-order valence-corrected chi connectivity index (χ3v) is 13.9. The van der Waals surface area contributed by atoms with Crippen LogP contribution >= 0.6 is 0 Å². The van der Waals surface area contributed by atoms with Crippen molar-refractivity contribution in [2.24, 2.45) is 0 Å². The van der Waals surface area contributed by atoms with Crippen LogP contribution in [0.5, 0.6) is 0 Å². The van der Waals surface area contributed by atoms with Crippen molar-refractivity contribution in [1.29, 1.82) is 0 Å². The van der Waals surface area contributed by atoms with Gasteiger partial charge in [0.1, 0.15) is 15.0 Å². The summed E-state index contributed by atoms with van der Waals surface area (Å²) in [5.74, 6) is 1.86. The highest BCUT2D eigenvalue weighted by Gasteiger charge is 2.51. The molecule has 328 valence electrons. The third kappa shape index (κ3) is 9.27. The molecule has 0 bridgehead atoms. The lowest BCUT2D eigenvalue weighted by molar-refractivity contribution is -0.760. The van der Waals surface area contributed by atoms with Crippen molar-refractivity contribution in [3.8, 4) is 22.3 Å². The molecular formula is C57H67N2O3S+. The van der Waals surface area contributed by atoms with Gasteiger partial charge in [-0.25, -0.2) is 13.3 Å². The van der Waals surface area contributed by atoms with Gasteiger partial charge in [-0.2, -0.15) is 0 Å². The zero-order chi connectivity index (χ0) is 45.5. The van der Waals surface area contributed by atoms with Crippen LogP contribution in [0, 0.1) is 0 Å². The first-order valence-electron chi connectivity index (χ1n) is 23.0. The number of benzene rings is 6. The van der Waals surface area contributed by atoms with Crippen LogP contribution in [0.3, 0.4) is 0 Å². The molecule has 0 radical (unpaired) electrons. The van der Waals surface area contributed by atoms with Gasteiger partial charge in [0.15, 0.2) is 11.7 Å². The largest absolute Gasteiger partial charge is 0.744 e. The first kappa shape index (κ1) is 45.9. The van der Waals surface area contributed by atoms with Crippen molar-refractivity contribution in [3.63, 3.8) is 0 Å². The summed E-state index contributed by atoms with van der Waals surface area (Å²) in [5, 5.41) is 0. The number of para-hydroxylation sites is 1. The number of hydrogen-bond donors (Lipinski definition) is 1.